The Bertz CT molecular complexity index is 307. The molecule has 1 aromatic rings. The third kappa shape index (κ3) is 3.73. The average Bonchev–Trinajstić information content (AvgIpc) is 2.64. The number of hydrogen-bond donors (Lipinski definition) is 2. The van der Waals surface area contributed by atoms with Gasteiger partial charge in [-0.25, -0.2) is 0 Å². The zero-order chi connectivity index (χ0) is 11.1. The van der Waals surface area contributed by atoms with Crippen molar-refractivity contribution in [1.29, 1.82) is 0 Å². The van der Waals surface area contributed by atoms with Gasteiger partial charge in [-0.05, 0) is 13.3 Å². The fourth-order valence-electron chi connectivity index (χ4n) is 1.43. The summed E-state index contributed by atoms with van der Waals surface area (Å²) in [5.74, 6) is -0.0299. The molecule has 1 amide bonds. The highest BCUT2D eigenvalue weighted by Gasteiger charge is 2.09. The van der Waals surface area contributed by atoms with E-state index in [-0.39, 0.29) is 5.91 Å². The first-order chi connectivity index (χ1) is 7.25. The van der Waals surface area contributed by atoms with E-state index < -0.39 is 0 Å². The predicted molar refractivity (Wildman–Crippen MR) is 59.8 cm³/mol. The Kier molecular flexibility index (Phi) is 4.87. The summed E-state index contributed by atoms with van der Waals surface area (Å²) in [7, 11) is 0. The van der Waals surface area contributed by atoms with Crippen LogP contribution in [0.25, 0.3) is 0 Å². The van der Waals surface area contributed by atoms with Gasteiger partial charge in [-0.3, -0.25) is 9.89 Å². The van der Waals surface area contributed by atoms with Gasteiger partial charge < -0.3 is 5.32 Å². The Labute approximate surface area is 90.5 Å². The number of carbonyl (C=O) groups excluding carboxylic acids is 1. The number of aromatic amines is 1. The Morgan fingerprint density at radius 2 is 2.27 bits per heavy atom. The number of nitrogens with one attached hydrogen (secondary N) is 2. The van der Waals surface area contributed by atoms with Crippen LogP contribution in [-0.2, 0) is 0 Å². The second-order valence-corrected chi connectivity index (χ2v) is 3.73. The van der Waals surface area contributed by atoms with Crippen molar-refractivity contribution < 1.29 is 4.79 Å². The summed E-state index contributed by atoms with van der Waals surface area (Å²) in [6, 6.07) is 0. The molecular weight excluding hydrogens is 190 g/mol. The molecule has 84 valence electrons. The van der Waals surface area contributed by atoms with Gasteiger partial charge in [0.25, 0.3) is 5.91 Å². The molecule has 0 radical (unpaired) electrons. The highest BCUT2D eigenvalue weighted by Crippen LogP contribution is 2.02. The second kappa shape index (κ2) is 6.22. The lowest BCUT2D eigenvalue weighted by molar-refractivity contribution is 0.0952. The monoisotopic (exact) mass is 209 g/mol. The number of amides is 1. The van der Waals surface area contributed by atoms with Crippen molar-refractivity contribution in [3.8, 4) is 0 Å². The molecule has 4 heteroatoms. The molecule has 2 N–H and O–H groups in total. The first-order valence-corrected chi connectivity index (χ1v) is 5.54. The topological polar surface area (TPSA) is 57.8 Å². The van der Waals surface area contributed by atoms with Crippen LogP contribution in [-0.4, -0.2) is 22.6 Å². The summed E-state index contributed by atoms with van der Waals surface area (Å²) < 4.78 is 0. The van der Waals surface area contributed by atoms with E-state index in [1.165, 1.54) is 19.3 Å². The average molecular weight is 209 g/mol. The number of aromatic nitrogens is 2. The molecule has 0 unspecified atom stereocenters. The summed E-state index contributed by atoms with van der Waals surface area (Å²) in [5, 5.41) is 9.45. The van der Waals surface area contributed by atoms with Crippen molar-refractivity contribution in [2.24, 2.45) is 0 Å². The highest BCUT2D eigenvalue weighted by atomic mass is 16.1. The first-order valence-electron chi connectivity index (χ1n) is 5.54. The molecule has 0 aliphatic rings. The molecule has 0 bridgehead atoms. The Morgan fingerprint density at radius 1 is 1.47 bits per heavy atom. The number of H-pyrrole nitrogens is 1. The summed E-state index contributed by atoms with van der Waals surface area (Å²) in [6.45, 7) is 4.77. The van der Waals surface area contributed by atoms with E-state index in [1.54, 1.807) is 6.20 Å². The number of rotatable bonds is 6. The minimum absolute atomic E-state index is 0.0299. The largest absolute Gasteiger partial charge is 0.352 e. The molecule has 0 spiro atoms. The minimum atomic E-state index is -0.0299. The highest BCUT2D eigenvalue weighted by molar-refractivity contribution is 5.94. The lowest BCUT2D eigenvalue weighted by atomic mass is 10.2. The normalized spacial score (nSPS) is 10.3. The lowest BCUT2D eigenvalue weighted by Crippen LogP contribution is -2.24. The van der Waals surface area contributed by atoms with Crippen molar-refractivity contribution in [1.82, 2.24) is 15.5 Å². The Balaban J connectivity index is 2.22. The summed E-state index contributed by atoms with van der Waals surface area (Å²) in [4.78, 5) is 11.6. The molecule has 4 nitrogen and oxygen atoms in total. The van der Waals surface area contributed by atoms with Gasteiger partial charge in [0.05, 0.1) is 11.8 Å². The van der Waals surface area contributed by atoms with Crippen LogP contribution in [0.2, 0.25) is 0 Å². The van der Waals surface area contributed by atoms with E-state index in [4.69, 9.17) is 0 Å². The van der Waals surface area contributed by atoms with Gasteiger partial charge in [0.2, 0.25) is 0 Å². The van der Waals surface area contributed by atoms with Gasteiger partial charge in [0.1, 0.15) is 0 Å². The first kappa shape index (κ1) is 11.8. The molecule has 1 rings (SSSR count). The Morgan fingerprint density at radius 3 is 2.87 bits per heavy atom. The van der Waals surface area contributed by atoms with Gasteiger partial charge in [-0.2, -0.15) is 5.10 Å². The van der Waals surface area contributed by atoms with E-state index >= 15 is 0 Å². The quantitative estimate of drug-likeness (QED) is 0.704. The van der Waals surface area contributed by atoms with Crippen molar-refractivity contribution in [2.45, 2.75) is 39.5 Å². The predicted octanol–water partition coefficient (Wildman–Crippen LogP) is 2.03. The molecule has 1 aromatic heterocycles. The van der Waals surface area contributed by atoms with Crippen LogP contribution < -0.4 is 5.32 Å². The number of aryl methyl sites for hydroxylation is 1. The third-order valence-corrected chi connectivity index (χ3v) is 2.39. The molecule has 1 heterocycles. The second-order valence-electron chi connectivity index (χ2n) is 3.73. The molecule has 0 aliphatic heterocycles. The van der Waals surface area contributed by atoms with Crippen LogP contribution in [0.1, 0.15) is 48.7 Å². The van der Waals surface area contributed by atoms with Gasteiger partial charge in [0.15, 0.2) is 0 Å². The molecule has 0 atom stereocenters. The maximum atomic E-state index is 11.6. The van der Waals surface area contributed by atoms with E-state index in [0.29, 0.717) is 5.56 Å². The standard InChI is InChI=1S/C11H19N3O/c1-3-4-5-6-7-12-11(15)10-8-13-14-9(10)2/h8H,3-7H2,1-2H3,(H,12,15)(H,13,14). The van der Waals surface area contributed by atoms with Gasteiger partial charge in [0, 0.05) is 12.2 Å². The molecule has 0 fully saturated rings. The smallest absolute Gasteiger partial charge is 0.254 e. The maximum absolute atomic E-state index is 11.6. The maximum Gasteiger partial charge on any atom is 0.254 e. The minimum Gasteiger partial charge on any atom is -0.352 e. The molecule has 0 aliphatic carbocycles. The SMILES string of the molecule is CCCCCCNC(=O)c1cn[nH]c1C. The summed E-state index contributed by atoms with van der Waals surface area (Å²) >= 11 is 0. The van der Waals surface area contributed by atoms with E-state index in [9.17, 15) is 4.79 Å². The Hall–Kier alpha value is -1.32. The van der Waals surface area contributed by atoms with Crippen molar-refractivity contribution >= 4 is 5.91 Å². The zero-order valence-corrected chi connectivity index (χ0v) is 9.47. The van der Waals surface area contributed by atoms with Crippen LogP contribution in [0.3, 0.4) is 0 Å². The number of hydrogen-bond acceptors (Lipinski definition) is 2. The lowest BCUT2D eigenvalue weighted by Gasteiger charge is -2.03. The number of carbonyl (C=O) groups is 1. The van der Waals surface area contributed by atoms with Crippen LogP contribution in [0, 0.1) is 6.92 Å². The van der Waals surface area contributed by atoms with E-state index in [0.717, 1.165) is 18.7 Å². The molecule has 15 heavy (non-hydrogen) atoms. The summed E-state index contributed by atoms with van der Waals surface area (Å²) in [5.41, 5.74) is 1.46. The van der Waals surface area contributed by atoms with E-state index in [1.807, 2.05) is 6.92 Å². The van der Waals surface area contributed by atoms with Crippen molar-refractivity contribution in [3.63, 3.8) is 0 Å². The van der Waals surface area contributed by atoms with Crippen molar-refractivity contribution in [2.75, 3.05) is 6.54 Å². The zero-order valence-electron chi connectivity index (χ0n) is 9.47. The van der Waals surface area contributed by atoms with Crippen LogP contribution >= 0.6 is 0 Å². The van der Waals surface area contributed by atoms with E-state index in [2.05, 4.69) is 22.4 Å². The summed E-state index contributed by atoms with van der Waals surface area (Å²) in [6.07, 6.45) is 6.25. The molecule has 0 saturated heterocycles. The van der Waals surface area contributed by atoms with Crippen LogP contribution in [0.15, 0.2) is 6.20 Å². The molecule has 0 saturated carbocycles. The molecular formula is C11H19N3O. The number of unbranched alkanes of at least 4 members (excludes halogenated alkanes) is 3. The van der Waals surface area contributed by atoms with Gasteiger partial charge in [-0.1, -0.05) is 26.2 Å². The third-order valence-electron chi connectivity index (χ3n) is 2.39. The van der Waals surface area contributed by atoms with Gasteiger partial charge in [-0.15, -0.1) is 0 Å². The van der Waals surface area contributed by atoms with Crippen LogP contribution in [0.5, 0.6) is 0 Å². The molecule has 0 aromatic carbocycles. The number of nitrogens with zero attached hydrogens (tertiary/aromatic N) is 1. The van der Waals surface area contributed by atoms with Gasteiger partial charge >= 0.3 is 0 Å². The fourth-order valence-corrected chi connectivity index (χ4v) is 1.43. The van der Waals surface area contributed by atoms with Crippen molar-refractivity contribution in [3.05, 3.63) is 17.5 Å². The fraction of sp³-hybridized carbons (Fsp3) is 0.636. The van der Waals surface area contributed by atoms with Crippen LogP contribution in [0.4, 0.5) is 0 Å².